The molecule has 0 heterocycles. The van der Waals surface area contributed by atoms with Gasteiger partial charge in [-0.15, -0.1) is 0 Å². The van der Waals surface area contributed by atoms with Crippen molar-refractivity contribution < 1.29 is 24.8 Å². The highest BCUT2D eigenvalue weighted by Gasteiger charge is 2.60. The lowest BCUT2D eigenvalue weighted by Crippen LogP contribution is -2.56. The molecule has 3 N–H and O–H groups in total. The number of nitrogens with zero attached hydrogens (tertiary/aromatic N) is 1. The number of fused-ring (bicyclic) bond motifs is 5. The van der Waals surface area contributed by atoms with Crippen molar-refractivity contribution in [2.45, 2.75) is 111 Å². The third-order valence-electron chi connectivity index (χ3n) is 15.8. The fourth-order valence-corrected chi connectivity index (χ4v) is 12.7. The van der Waals surface area contributed by atoms with E-state index in [0.717, 1.165) is 49.2 Å². The van der Waals surface area contributed by atoms with E-state index >= 15 is 0 Å². The molecule has 57 heavy (non-hydrogen) atoms. The van der Waals surface area contributed by atoms with Crippen LogP contribution >= 0.6 is 0 Å². The number of hydrogen-bond donors (Lipinski definition) is 1. The van der Waals surface area contributed by atoms with Crippen LogP contribution < -0.4 is 10.5 Å². The number of quaternary nitrogens is 1. The van der Waals surface area contributed by atoms with Crippen molar-refractivity contribution in [1.82, 2.24) is 4.90 Å². The number of amides is 1. The number of rotatable bonds is 14. The van der Waals surface area contributed by atoms with E-state index in [1.54, 1.807) is 0 Å². The number of benzene rings is 3. The fraction of sp³-hybridized carbons (Fsp3) is 0.569. The number of carbonyl (C=O) groups excluding carboxylic acids is 2. The largest absolute Gasteiger partial charge is 0.492 e. The van der Waals surface area contributed by atoms with Gasteiger partial charge in [0.2, 0.25) is 5.91 Å². The molecule has 6 heteroatoms. The van der Waals surface area contributed by atoms with Crippen LogP contribution in [0.25, 0.3) is 11.1 Å². The van der Waals surface area contributed by atoms with Crippen molar-refractivity contribution in [3.05, 3.63) is 102 Å². The lowest BCUT2D eigenvalue weighted by Gasteiger charge is -2.61. The van der Waals surface area contributed by atoms with E-state index in [9.17, 15) is 9.59 Å². The van der Waals surface area contributed by atoms with E-state index in [4.69, 9.17) is 9.47 Å². The van der Waals surface area contributed by atoms with E-state index in [-0.39, 0.29) is 24.5 Å². The second-order valence-corrected chi connectivity index (χ2v) is 18.7. The predicted molar refractivity (Wildman–Crippen MR) is 230 cm³/mol. The first kappa shape index (κ1) is 41.3. The highest BCUT2D eigenvalue weighted by Crippen LogP contribution is 2.68. The summed E-state index contributed by atoms with van der Waals surface area (Å²) in [6.07, 6.45) is 13.7. The Labute approximate surface area is 343 Å². The maximum atomic E-state index is 13.4. The number of likely N-dealkylation sites (N-methyl/N-ethyl adjacent to an activating group) is 1. The van der Waals surface area contributed by atoms with Crippen LogP contribution in [0, 0.1) is 46.3 Å². The van der Waals surface area contributed by atoms with Crippen LogP contribution in [0.3, 0.4) is 0 Å². The Morgan fingerprint density at radius 2 is 1.46 bits per heavy atom. The maximum Gasteiger partial charge on any atom is 0.361 e. The summed E-state index contributed by atoms with van der Waals surface area (Å²) in [5.74, 6) is 5.20. The standard InChI is InChI=1S/C51H68N2O4/c1-6-42(36-13-9-7-10-14-36)49(37-15-11-8-12-16-37)38-18-21-40(22-19-38)56-32-31-53(5)47(54)26-17-35(2)44-24-25-45-43-23-20-39-33-41(57-48(55)34-52)27-29-50(39,3)46(43)28-30-51(44,45)4/h7-16,18-19,21-22,35,39,41,43-46H,6,17,20,23-34,52H2,1-5H3/p+1/b49-42-/t35-,39-,41-,43+,44-,45+,46+,50+,51-/m1/s1. The van der Waals surface area contributed by atoms with Crippen molar-refractivity contribution in [2.24, 2.45) is 46.3 Å². The number of ether oxygens (including phenoxy) is 2. The van der Waals surface area contributed by atoms with Gasteiger partial charge in [-0.05, 0) is 157 Å². The van der Waals surface area contributed by atoms with Gasteiger partial charge in [0.1, 0.15) is 18.5 Å². The molecule has 3 aromatic carbocycles. The predicted octanol–water partition coefficient (Wildman–Crippen LogP) is 10.1. The van der Waals surface area contributed by atoms with Gasteiger partial charge in [-0.1, -0.05) is 100 Å². The van der Waals surface area contributed by atoms with E-state index in [1.165, 1.54) is 72.8 Å². The van der Waals surface area contributed by atoms with Gasteiger partial charge in [-0.25, -0.2) is 4.79 Å². The fourth-order valence-electron chi connectivity index (χ4n) is 12.7. The molecule has 1 amide bonds. The maximum absolute atomic E-state index is 13.4. The van der Waals surface area contributed by atoms with Crippen LogP contribution in [0.15, 0.2) is 84.9 Å². The van der Waals surface area contributed by atoms with Crippen molar-refractivity contribution >= 4 is 23.0 Å². The second kappa shape index (κ2) is 17.9. The molecule has 9 atom stereocenters. The van der Waals surface area contributed by atoms with E-state index in [0.29, 0.717) is 48.2 Å². The van der Waals surface area contributed by atoms with Crippen LogP contribution in [-0.2, 0) is 14.3 Å². The van der Waals surface area contributed by atoms with Gasteiger partial charge >= 0.3 is 5.97 Å². The molecule has 0 bridgehead atoms. The average Bonchev–Trinajstić information content (AvgIpc) is 3.60. The molecule has 0 spiro atoms. The Morgan fingerprint density at radius 1 is 0.807 bits per heavy atom. The lowest BCUT2D eigenvalue weighted by atomic mass is 9.44. The molecule has 4 aliphatic carbocycles. The molecule has 4 saturated carbocycles. The molecule has 306 valence electrons. The van der Waals surface area contributed by atoms with E-state index < -0.39 is 0 Å². The van der Waals surface area contributed by atoms with Crippen molar-refractivity contribution in [2.75, 3.05) is 26.7 Å². The van der Waals surface area contributed by atoms with E-state index in [2.05, 4.69) is 118 Å². The Morgan fingerprint density at radius 3 is 2.14 bits per heavy atom. The quantitative estimate of drug-likeness (QED) is 0.131. The van der Waals surface area contributed by atoms with Gasteiger partial charge < -0.3 is 20.1 Å². The van der Waals surface area contributed by atoms with Crippen LogP contribution in [0.4, 0.5) is 0 Å². The molecule has 0 aliphatic heterocycles. The van der Waals surface area contributed by atoms with Crippen molar-refractivity contribution in [3.63, 3.8) is 0 Å². The van der Waals surface area contributed by atoms with Gasteiger partial charge in [-0.3, -0.25) is 4.79 Å². The first-order chi connectivity index (χ1) is 27.6. The molecule has 3 aromatic rings. The third kappa shape index (κ3) is 8.63. The van der Waals surface area contributed by atoms with Crippen LogP contribution in [0.1, 0.15) is 121 Å². The number of esters is 1. The number of carbonyl (C=O) groups is 2. The normalized spacial score (nSPS) is 30.2. The number of hydrogen-bond acceptors (Lipinski definition) is 4. The zero-order valence-electron chi connectivity index (χ0n) is 35.5. The minimum Gasteiger partial charge on any atom is -0.492 e. The summed E-state index contributed by atoms with van der Waals surface area (Å²) in [5, 5.41) is 0. The topological polar surface area (TPSA) is 83.5 Å². The molecule has 0 saturated heterocycles. The first-order valence-electron chi connectivity index (χ1n) is 22.4. The monoisotopic (exact) mass is 774 g/mol. The molecule has 0 radical (unpaired) electrons. The van der Waals surface area contributed by atoms with Gasteiger partial charge in [0, 0.05) is 13.5 Å². The summed E-state index contributed by atoms with van der Waals surface area (Å²) in [6.45, 7) is 11.1. The van der Waals surface area contributed by atoms with Gasteiger partial charge in [0.25, 0.3) is 0 Å². The molecule has 0 unspecified atom stereocenters. The molecule has 6 nitrogen and oxygen atoms in total. The van der Waals surface area contributed by atoms with Crippen molar-refractivity contribution in [3.8, 4) is 5.75 Å². The minimum atomic E-state index is -0.145. The molecule has 7 rings (SSSR count). The van der Waals surface area contributed by atoms with Gasteiger partial charge in [0.15, 0.2) is 6.54 Å². The van der Waals surface area contributed by atoms with Gasteiger partial charge in [-0.2, -0.15) is 0 Å². The molecular weight excluding hydrogens is 705 g/mol. The second-order valence-electron chi connectivity index (χ2n) is 18.7. The SMILES string of the molecule is CC/C(=C(\c1ccccc1)c1ccc(OCCN(C)C(=O)CC[C@@H](C)[C@H]2CC[C@H]3[C@@H]4CC[C@@H]5C[C@H](OC(=O)C[NH3+])CC[C@]5(C)[C@H]4CC[C@]23C)cc1)c1ccccc1. The average molecular weight is 774 g/mol. The number of allylic oxidation sites excluding steroid dienone is 1. The summed E-state index contributed by atoms with van der Waals surface area (Å²) >= 11 is 0. The summed E-state index contributed by atoms with van der Waals surface area (Å²) in [5.41, 5.74) is 10.7. The van der Waals surface area contributed by atoms with Crippen LogP contribution in [-0.4, -0.2) is 49.6 Å². The minimum absolute atomic E-state index is 0.0860. The first-order valence-corrected chi connectivity index (χ1v) is 22.4. The summed E-state index contributed by atoms with van der Waals surface area (Å²) in [6, 6.07) is 29.8. The summed E-state index contributed by atoms with van der Waals surface area (Å²) < 4.78 is 12.0. The van der Waals surface area contributed by atoms with Crippen LogP contribution in [0.2, 0.25) is 0 Å². The summed E-state index contributed by atoms with van der Waals surface area (Å²) in [4.78, 5) is 27.3. The Hall–Kier alpha value is -3.90. The highest BCUT2D eigenvalue weighted by molar-refractivity contribution is 5.98. The zero-order valence-corrected chi connectivity index (χ0v) is 35.5. The Kier molecular flexibility index (Phi) is 13.0. The van der Waals surface area contributed by atoms with E-state index in [1.807, 2.05) is 11.9 Å². The molecule has 4 aliphatic rings. The molecular formula is C51H69N2O4+. The Bertz CT molecular complexity index is 1840. The highest BCUT2D eigenvalue weighted by atomic mass is 16.5. The molecule has 4 fully saturated rings. The molecule has 0 aromatic heterocycles. The zero-order chi connectivity index (χ0) is 40.2. The third-order valence-corrected chi connectivity index (χ3v) is 15.8. The summed E-state index contributed by atoms with van der Waals surface area (Å²) in [7, 11) is 1.93. The van der Waals surface area contributed by atoms with Crippen LogP contribution in [0.5, 0.6) is 5.75 Å². The van der Waals surface area contributed by atoms with Crippen molar-refractivity contribution in [1.29, 1.82) is 0 Å². The Balaban J connectivity index is 0.896. The smallest absolute Gasteiger partial charge is 0.361 e. The lowest BCUT2D eigenvalue weighted by molar-refractivity contribution is -0.360. The van der Waals surface area contributed by atoms with Gasteiger partial charge in [0.05, 0.1) is 6.54 Å².